The van der Waals surface area contributed by atoms with Crippen LogP contribution in [0.15, 0.2) is 12.4 Å². The van der Waals surface area contributed by atoms with Crippen molar-refractivity contribution < 1.29 is 4.74 Å². The maximum absolute atomic E-state index is 5.45. The smallest absolute Gasteiger partial charge is 0.218 e. The van der Waals surface area contributed by atoms with Gasteiger partial charge in [-0.3, -0.25) is 0 Å². The van der Waals surface area contributed by atoms with Crippen molar-refractivity contribution >= 4 is 5.82 Å². The minimum atomic E-state index is 0.449. The summed E-state index contributed by atoms with van der Waals surface area (Å²) in [7, 11) is 4.12. The fourth-order valence-electron chi connectivity index (χ4n) is 1.16. The van der Waals surface area contributed by atoms with E-state index in [1.807, 2.05) is 6.07 Å². The molecule has 0 fully saturated rings. The summed E-state index contributed by atoms with van der Waals surface area (Å²) in [4.78, 5) is 10.4. The zero-order valence-electron chi connectivity index (χ0n) is 11.1. The van der Waals surface area contributed by atoms with E-state index in [4.69, 9.17) is 4.74 Å². The van der Waals surface area contributed by atoms with Crippen molar-refractivity contribution in [1.82, 2.24) is 14.9 Å². The Hall–Kier alpha value is -1.36. The van der Waals surface area contributed by atoms with Gasteiger partial charge in [-0.2, -0.15) is 0 Å². The fourth-order valence-corrected chi connectivity index (χ4v) is 1.16. The molecule has 0 aliphatic carbocycles. The highest BCUT2D eigenvalue weighted by atomic mass is 16.5. The number of anilines is 1. The molecule has 0 saturated heterocycles. The summed E-state index contributed by atoms with van der Waals surface area (Å²) in [5.41, 5.74) is 0. The van der Waals surface area contributed by atoms with Crippen molar-refractivity contribution in [2.45, 2.75) is 26.3 Å². The number of hydrogen-bond acceptors (Lipinski definition) is 5. The minimum Gasteiger partial charge on any atom is -0.478 e. The van der Waals surface area contributed by atoms with Crippen molar-refractivity contribution in [2.75, 3.05) is 32.6 Å². The first kappa shape index (κ1) is 13.7. The van der Waals surface area contributed by atoms with Gasteiger partial charge in [0, 0.05) is 18.7 Å². The molecule has 0 aliphatic heterocycles. The summed E-state index contributed by atoms with van der Waals surface area (Å²) in [6.45, 7) is 5.75. The quantitative estimate of drug-likeness (QED) is 0.782. The van der Waals surface area contributed by atoms with Crippen LogP contribution in [0.4, 0.5) is 5.82 Å². The first-order valence-corrected chi connectivity index (χ1v) is 5.98. The number of nitrogens with zero attached hydrogens (tertiary/aromatic N) is 3. The van der Waals surface area contributed by atoms with Crippen LogP contribution in [0.2, 0.25) is 0 Å². The lowest BCUT2D eigenvalue weighted by atomic mass is 10.3. The van der Waals surface area contributed by atoms with Crippen LogP contribution >= 0.6 is 0 Å². The predicted octanol–water partition coefficient (Wildman–Crippen LogP) is 1.63. The van der Waals surface area contributed by atoms with Crippen LogP contribution in [0.3, 0.4) is 0 Å². The molecule has 5 nitrogen and oxygen atoms in total. The highest BCUT2D eigenvalue weighted by Crippen LogP contribution is 2.11. The molecule has 0 spiro atoms. The number of aromatic nitrogens is 2. The molecule has 0 bridgehead atoms. The van der Waals surface area contributed by atoms with Crippen molar-refractivity contribution in [3.05, 3.63) is 12.4 Å². The molecule has 1 heterocycles. The van der Waals surface area contributed by atoms with Gasteiger partial charge in [0.05, 0.1) is 6.61 Å². The van der Waals surface area contributed by atoms with Crippen LogP contribution < -0.4 is 10.1 Å². The number of ether oxygens (including phenoxy) is 1. The monoisotopic (exact) mass is 238 g/mol. The molecule has 1 rings (SSSR count). The summed E-state index contributed by atoms with van der Waals surface area (Å²) in [5.74, 6) is 1.43. The van der Waals surface area contributed by atoms with Gasteiger partial charge in [0.15, 0.2) is 0 Å². The molecule has 5 heteroatoms. The highest BCUT2D eigenvalue weighted by Gasteiger charge is 2.05. The zero-order chi connectivity index (χ0) is 12.7. The van der Waals surface area contributed by atoms with Gasteiger partial charge in [-0.25, -0.2) is 9.97 Å². The third kappa shape index (κ3) is 4.99. The molecule has 0 radical (unpaired) electrons. The van der Waals surface area contributed by atoms with Gasteiger partial charge < -0.3 is 15.0 Å². The molecular formula is C12H22N4O. The van der Waals surface area contributed by atoms with Gasteiger partial charge >= 0.3 is 0 Å². The van der Waals surface area contributed by atoms with Gasteiger partial charge in [-0.15, -0.1) is 0 Å². The standard InChI is InChI=1S/C12H22N4O/c1-5-6-17-12-7-11(14-9-15-12)13-8-10(2)16(3)4/h7,9-10H,5-6,8H2,1-4H3,(H,13,14,15). The van der Waals surface area contributed by atoms with Crippen molar-refractivity contribution in [3.8, 4) is 5.88 Å². The molecule has 1 unspecified atom stereocenters. The first-order chi connectivity index (χ1) is 8.13. The Bertz CT molecular complexity index is 330. The molecule has 0 amide bonds. The minimum absolute atomic E-state index is 0.449. The van der Waals surface area contributed by atoms with Crippen molar-refractivity contribution in [1.29, 1.82) is 0 Å². The van der Waals surface area contributed by atoms with E-state index in [1.165, 1.54) is 6.33 Å². The lowest BCUT2D eigenvalue weighted by Gasteiger charge is -2.20. The Morgan fingerprint density at radius 1 is 1.41 bits per heavy atom. The van der Waals surface area contributed by atoms with Crippen LogP contribution in [0.25, 0.3) is 0 Å². The molecule has 1 aromatic rings. The van der Waals surface area contributed by atoms with E-state index >= 15 is 0 Å². The van der Waals surface area contributed by atoms with Gasteiger partial charge in [-0.05, 0) is 27.4 Å². The van der Waals surface area contributed by atoms with Gasteiger partial charge in [0.2, 0.25) is 5.88 Å². The number of likely N-dealkylation sites (N-methyl/N-ethyl adjacent to an activating group) is 1. The molecule has 0 aliphatic rings. The summed E-state index contributed by atoms with van der Waals surface area (Å²) < 4.78 is 5.45. The molecule has 1 N–H and O–H groups in total. The van der Waals surface area contributed by atoms with E-state index in [0.717, 1.165) is 18.8 Å². The maximum Gasteiger partial charge on any atom is 0.218 e. The number of rotatable bonds is 7. The second-order valence-corrected chi connectivity index (χ2v) is 4.28. The van der Waals surface area contributed by atoms with Crippen molar-refractivity contribution in [3.63, 3.8) is 0 Å². The Morgan fingerprint density at radius 3 is 2.82 bits per heavy atom. The molecule has 96 valence electrons. The maximum atomic E-state index is 5.45. The molecule has 17 heavy (non-hydrogen) atoms. The van der Waals surface area contributed by atoms with E-state index < -0.39 is 0 Å². The lowest BCUT2D eigenvalue weighted by Crippen LogP contribution is -2.31. The second kappa shape index (κ2) is 7.06. The molecule has 1 atom stereocenters. The van der Waals surface area contributed by atoms with Crippen molar-refractivity contribution in [2.24, 2.45) is 0 Å². The average molecular weight is 238 g/mol. The lowest BCUT2D eigenvalue weighted by molar-refractivity contribution is 0.304. The Labute approximate surface area is 103 Å². The molecule has 0 saturated carbocycles. The normalized spacial score (nSPS) is 12.5. The average Bonchev–Trinajstić information content (AvgIpc) is 2.33. The van der Waals surface area contributed by atoms with Crippen LogP contribution in [-0.2, 0) is 0 Å². The largest absolute Gasteiger partial charge is 0.478 e. The summed E-state index contributed by atoms with van der Waals surface area (Å²) in [6, 6.07) is 2.28. The molecule has 1 aromatic heterocycles. The summed E-state index contributed by atoms with van der Waals surface area (Å²) in [6.07, 6.45) is 2.50. The van der Waals surface area contributed by atoms with Gasteiger partial charge in [0.25, 0.3) is 0 Å². The van der Waals surface area contributed by atoms with Gasteiger partial charge in [-0.1, -0.05) is 6.92 Å². The SMILES string of the molecule is CCCOc1cc(NCC(C)N(C)C)ncn1. The van der Waals surface area contributed by atoms with Crippen LogP contribution in [0, 0.1) is 0 Å². The fraction of sp³-hybridized carbons (Fsp3) is 0.667. The van der Waals surface area contributed by atoms with E-state index in [0.29, 0.717) is 18.5 Å². The van der Waals surface area contributed by atoms with E-state index in [1.54, 1.807) is 0 Å². The first-order valence-electron chi connectivity index (χ1n) is 5.98. The predicted molar refractivity (Wildman–Crippen MR) is 69.5 cm³/mol. The van der Waals surface area contributed by atoms with Gasteiger partial charge in [0.1, 0.15) is 12.1 Å². The highest BCUT2D eigenvalue weighted by molar-refractivity contribution is 5.37. The number of nitrogens with one attached hydrogen (secondary N) is 1. The zero-order valence-corrected chi connectivity index (χ0v) is 11.1. The van der Waals surface area contributed by atoms with Crippen LogP contribution in [0.1, 0.15) is 20.3 Å². The summed E-state index contributed by atoms with van der Waals surface area (Å²) >= 11 is 0. The van der Waals surface area contributed by atoms with E-state index in [-0.39, 0.29) is 0 Å². The Balaban J connectivity index is 2.48. The summed E-state index contributed by atoms with van der Waals surface area (Å²) in [5, 5.41) is 3.27. The van der Waals surface area contributed by atoms with E-state index in [9.17, 15) is 0 Å². The topological polar surface area (TPSA) is 50.3 Å². The molecular weight excluding hydrogens is 216 g/mol. The Kier molecular flexibility index (Phi) is 5.69. The van der Waals surface area contributed by atoms with Crippen LogP contribution in [0.5, 0.6) is 5.88 Å². The third-order valence-electron chi connectivity index (χ3n) is 2.56. The number of hydrogen-bond donors (Lipinski definition) is 1. The van der Waals surface area contributed by atoms with E-state index in [2.05, 4.69) is 48.1 Å². The Morgan fingerprint density at radius 2 is 2.18 bits per heavy atom. The second-order valence-electron chi connectivity index (χ2n) is 4.28. The third-order valence-corrected chi connectivity index (χ3v) is 2.56. The molecule has 0 aromatic carbocycles. The van der Waals surface area contributed by atoms with Crippen LogP contribution in [-0.4, -0.2) is 48.2 Å².